The largest absolute Gasteiger partial charge is 0.284 e. The number of thiazole rings is 1. The van der Waals surface area contributed by atoms with E-state index in [0.717, 1.165) is 34.0 Å². The summed E-state index contributed by atoms with van der Waals surface area (Å²) in [5.74, 6) is 0.726. The molecule has 0 aliphatic rings. The van der Waals surface area contributed by atoms with Gasteiger partial charge >= 0.3 is 0 Å². The van der Waals surface area contributed by atoms with Gasteiger partial charge in [0, 0.05) is 28.4 Å². The van der Waals surface area contributed by atoms with Crippen LogP contribution in [0.15, 0.2) is 53.6 Å². The van der Waals surface area contributed by atoms with Gasteiger partial charge in [0.25, 0.3) is 0 Å². The molecule has 102 valence electrons. The SMILES string of the molecule is Cc1ccn2c(-c3cccc(-c4cscn4)c3)cnc2n1. The van der Waals surface area contributed by atoms with Crippen LogP contribution in [0.2, 0.25) is 0 Å². The summed E-state index contributed by atoms with van der Waals surface area (Å²) in [5, 5.41) is 2.05. The zero-order chi connectivity index (χ0) is 14.2. The van der Waals surface area contributed by atoms with Gasteiger partial charge in [-0.1, -0.05) is 18.2 Å². The molecule has 0 spiro atoms. The van der Waals surface area contributed by atoms with E-state index in [9.17, 15) is 0 Å². The van der Waals surface area contributed by atoms with Gasteiger partial charge in [-0.3, -0.25) is 4.40 Å². The van der Waals surface area contributed by atoms with Crippen LogP contribution in [-0.4, -0.2) is 19.4 Å². The molecule has 0 bridgehead atoms. The Morgan fingerprint density at radius 3 is 2.86 bits per heavy atom. The molecule has 0 fully saturated rings. The van der Waals surface area contributed by atoms with Crippen molar-refractivity contribution in [3.63, 3.8) is 0 Å². The van der Waals surface area contributed by atoms with Crippen LogP contribution in [0.3, 0.4) is 0 Å². The van der Waals surface area contributed by atoms with Crippen molar-refractivity contribution < 1.29 is 0 Å². The maximum Gasteiger partial charge on any atom is 0.234 e. The highest BCUT2D eigenvalue weighted by atomic mass is 32.1. The Morgan fingerprint density at radius 1 is 1.10 bits per heavy atom. The van der Waals surface area contributed by atoms with E-state index in [4.69, 9.17) is 0 Å². The van der Waals surface area contributed by atoms with Gasteiger partial charge in [0.15, 0.2) is 0 Å². The van der Waals surface area contributed by atoms with E-state index in [0.29, 0.717) is 0 Å². The Balaban J connectivity index is 1.87. The molecule has 0 N–H and O–H groups in total. The second kappa shape index (κ2) is 4.79. The van der Waals surface area contributed by atoms with Gasteiger partial charge in [0.05, 0.1) is 23.1 Å². The number of aromatic nitrogens is 4. The van der Waals surface area contributed by atoms with Crippen LogP contribution in [0, 0.1) is 6.92 Å². The van der Waals surface area contributed by atoms with Crippen molar-refractivity contribution in [2.24, 2.45) is 0 Å². The number of rotatable bonds is 2. The van der Waals surface area contributed by atoms with Gasteiger partial charge in [-0.15, -0.1) is 11.3 Å². The van der Waals surface area contributed by atoms with Crippen LogP contribution in [-0.2, 0) is 0 Å². The molecule has 0 radical (unpaired) electrons. The standard InChI is InChI=1S/C16H12N4S/c1-11-5-6-20-15(8-17-16(20)19-11)13-4-2-3-12(7-13)14-9-21-10-18-14/h2-10H,1H3. The fraction of sp³-hybridized carbons (Fsp3) is 0.0625. The molecule has 4 aromatic rings. The predicted molar refractivity (Wildman–Crippen MR) is 84.3 cm³/mol. The van der Waals surface area contributed by atoms with E-state index in [-0.39, 0.29) is 0 Å². The Labute approximate surface area is 125 Å². The highest BCUT2D eigenvalue weighted by Crippen LogP contribution is 2.26. The predicted octanol–water partition coefficient (Wildman–Crippen LogP) is 3.83. The Hall–Kier alpha value is -2.53. The summed E-state index contributed by atoms with van der Waals surface area (Å²) in [6.45, 7) is 1.97. The second-order valence-corrected chi connectivity index (χ2v) is 5.56. The van der Waals surface area contributed by atoms with E-state index in [1.54, 1.807) is 11.3 Å². The molecular formula is C16H12N4S. The minimum atomic E-state index is 0.726. The summed E-state index contributed by atoms with van der Waals surface area (Å²) >= 11 is 1.60. The van der Waals surface area contributed by atoms with Crippen LogP contribution < -0.4 is 0 Å². The molecule has 5 heteroatoms. The number of hydrogen-bond acceptors (Lipinski definition) is 4. The lowest BCUT2D eigenvalue weighted by Gasteiger charge is -2.04. The maximum absolute atomic E-state index is 4.44. The molecule has 0 saturated carbocycles. The van der Waals surface area contributed by atoms with E-state index in [2.05, 4.69) is 38.5 Å². The maximum atomic E-state index is 4.44. The van der Waals surface area contributed by atoms with E-state index >= 15 is 0 Å². The third-order valence-electron chi connectivity index (χ3n) is 3.40. The minimum absolute atomic E-state index is 0.726. The fourth-order valence-corrected chi connectivity index (χ4v) is 2.93. The quantitative estimate of drug-likeness (QED) is 0.564. The number of benzene rings is 1. The van der Waals surface area contributed by atoms with Crippen LogP contribution in [0.25, 0.3) is 28.3 Å². The summed E-state index contributed by atoms with van der Waals surface area (Å²) in [5.41, 5.74) is 7.08. The molecule has 0 aliphatic heterocycles. The number of aryl methyl sites for hydroxylation is 1. The van der Waals surface area contributed by atoms with Crippen molar-refractivity contribution in [2.75, 3.05) is 0 Å². The topological polar surface area (TPSA) is 43.1 Å². The van der Waals surface area contributed by atoms with Crippen molar-refractivity contribution in [3.05, 3.63) is 59.3 Å². The smallest absolute Gasteiger partial charge is 0.234 e. The molecule has 0 saturated heterocycles. The molecule has 4 nitrogen and oxygen atoms in total. The lowest BCUT2D eigenvalue weighted by Crippen LogP contribution is -1.92. The molecule has 3 aromatic heterocycles. The molecule has 0 aliphatic carbocycles. The first-order chi connectivity index (χ1) is 10.3. The lowest BCUT2D eigenvalue weighted by atomic mass is 10.1. The first-order valence-electron chi connectivity index (χ1n) is 6.61. The Kier molecular flexibility index (Phi) is 2.79. The minimum Gasteiger partial charge on any atom is -0.284 e. The molecule has 0 unspecified atom stereocenters. The van der Waals surface area contributed by atoms with Gasteiger partial charge in [-0.2, -0.15) is 0 Å². The van der Waals surface area contributed by atoms with Crippen LogP contribution >= 0.6 is 11.3 Å². The van der Waals surface area contributed by atoms with Crippen molar-refractivity contribution >= 4 is 17.1 Å². The number of fused-ring (bicyclic) bond motifs is 1. The second-order valence-electron chi connectivity index (χ2n) is 4.84. The molecular weight excluding hydrogens is 280 g/mol. The summed E-state index contributed by atoms with van der Waals surface area (Å²) in [6, 6.07) is 10.3. The van der Waals surface area contributed by atoms with E-state index < -0.39 is 0 Å². The first kappa shape index (κ1) is 12.2. The zero-order valence-corrected chi connectivity index (χ0v) is 12.2. The summed E-state index contributed by atoms with van der Waals surface area (Å²) in [6.07, 6.45) is 3.87. The van der Waals surface area contributed by atoms with Gasteiger partial charge < -0.3 is 0 Å². The van der Waals surface area contributed by atoms with Crippen molar-refractivity contribution in [1.29, 1.82) is 0 Å². The van der Waals surface area contributed by atoms with E-state index in [1.165, 1.54) is 0 Å². The average molecular weight is 292 g/mol. The van der Waals surface area contributed by atoms with Gasteiger partial charge in [0.1, 0.15) is 0 Å². The summed E-state index contributed by atoms with van der Waals surface area (Å²) in [4.78, 5) is 13.2. The third-order valence-corrected chi connectivity index (χ3v) is 3.99. The van der Waals surface area contributed by atoms with Crippen LogP contribution in [0.5, 0.6) is 0 Å². The molecule has 4 rings (SSSR count). The Morgan fingerprint density at radius 2 is 2.00 bits per heavy atom. The highest BCUT2D eigenvalue weighted by molar-refractivity contribution is 7.07. The van der Waals surface area contributed by atoms with Gasteiger partial charge in [-0.25, -0.2) is 15.0 Å². The van der Waals surface area contributed by atoms with Crippen molar-refractivity contribution in [1.82, 2.24) is 19.4 Å². The zero-order valence-electron chi connectivity index (χ0n) is 11.4. The molecule has 0 amide bonds. The monoisotopic (exact) mass is 292 g/mol. The normalized spacial score (nSPS) is 11.1. The van der Waals surface area contributed by atoms with Gasteiger partial charge in [0.2, 0.25) is 5.78 Å². The first-order valence-corrected chi connectivity index (χ1v) is 7.55. The number of imidazole rings is 1. The van der Waals surface area contributed by atoms with E-state index in [1.807, 2.05) is 41.4 Å². The molecule has 0 atom stereocenters. The van der Waals surface area contributed by atoms with Gasteiger partial charge in [-0.05, 0) is 19.1 Å². The number of hydrogen-bond donors (Lipinski definition) is 0. The van der Waals surface area contributed by atoms with Crippen molar-refractivity contribution in [2.45, 2.75) is 6.92 Å². The number of nitrogens with zero attached hydrogens (tertiary/aromatic N) is 4. The summed E-state index contributed by atoms with van der Waals surface area (Å²) in [7, 11) is 0. The lowest BCUT2D eigenvalue weighted by molar-refractivity contribution is 1.07. The highest BCUT2D eigenvalue weighted by Gasteiger charge is 2.08. The fourth-order valence-electron chi connectivity index (χ4n) is 2.36. The molecule has 1 aromatic carbocycles. The summed E-state index contributed by atoms with van der Waals surface area (Å²) < 4.78 is 2.01. The van der Waals surface area contributed by atoms with Crippen molar-refractivity contribution in [3.8, 4) is 22.5 Å². The molecule has 21 heavy (non-hydrogen) atoms. The molecule has 3 heterocycles. The Bertz CT molecular complexity index is 909. The van der Waals surface area contributed by atoms with Crippen LogP contribution in [0.1, 0.15) is 5.69 Å². The van der Waals surface area contributed by atoms with Crippen LogP contribution in [0.4, 0.5) is 0 Å². The average Bonchev–Trinajstić information content (AvgIpc) is 3.16. The third kappa shape index (κ3) is 2.11.